The van der Waals surface area contributed by atoms with Gasteiger partial charge in [0.25, 0.3) is 5.91 Å². The lowest BCUT2D eigenvalue weighted by molar-refractivity contribution is 0.0147. The van der Waals surface area contributed by atoms with Crippen LogP contribution in [0.1, 0.15) is 66.9 Å². The minimum absolute atomic E-state index is 0.00545. The van der Waals surface area contributed by atoms with E-state index in [0.717, 1.165) is 29.9 Å². The number of benzene rings is 3. The highest BCUT2D eigenvalue weighted by Crippen LogP contribution is 2.29. The number of fused-ring (bicyclic) bond motifs is 1. The zero-order valence-electron chi connectivity index (χ0n) is 33.2. The fourth-order valence-corrected chi connectivity index (χ4v) is 7.59. The number of nitrogens with zero attached hydrogens (tertiary/aromatic N) is 3. The topological polar surface area (TPSA) is 162 Å². The first-order valence-electron chi connectivity index (χ1n) is 18.9. The Kier molecular flexibility index (Phi) is 15.0. The van der Waals surface area contributed by atoms with Crippen LogP contribution in [-0.4, -0.2) is 93.4 Å². The average Bonchev–Trinajstić information content (AvgIpc) is 3.50. The van der Waals surface area contributed by atoms with Crippen LogP contribution in [0.15, 0.2) is 76.1 Å². The molecule has 3 amide bonds. The first-order valence-corrected chi connectivity index (χ1v) is 20.4. The predicted molar refractivity (Wildman–Crippen MR) is 213 cm³/mol. The Morgan fingerprint density at radius 2 is 1.79 bits per heavy atom. The third-order valence-corrected chi connectivity index (χ3v) is 11.5. The van der Waals surface area contributed by atoms with Crippen molar-refractivity contribution in [3.05, 3.63) is 95.1 Å². The minimum Gasteiger partial charge on any atom is -0.497 e. The normalized spacial score (nSPS) is 17.6. The van der Waals surface area contributed by atoms with Gasteiger partial charge in [0, 0.05) is 32.4 Å². The maximum atomic E-state index is 14.8. The number of rotatable bonds is 12. The largest absolute Gasteiger partial charge is 0.497 e. The Labute approximate surface area is 333 Å². The molecule has 2 heterocycles. The molecule has 16 heteroatoms. The first-order chi connectivity index (χ1) is 27.2. The van der Waals surface area contributed by atoms with E-state index in [1.807, 2.05) is 38.1 Å². The van der Waals surface area contributed by atoms with Crippen molar-refractivity contribution >= 4 is 33.3 Å². The number of hydrogen-bond acceptors (Lipinski definition) is 10. The average molecular weight is 810 g/mol. The van der Waals surface area contributed by atoms with Crippen molar-refractivity contribution < 1.29 is 45.9 Å². The van der Waals surface area contributed by atoms with E-state index in [9.17, 15) is 22.4 Å². The molecule has 0 radical (unpaired) electrons. The molecular weight excluding hydrogens is 758 g/mol. The van der Waals surface area contributed by atoms with Crippen molar-refractivity contribution in [2.24, 2.45) is 0 Å². The Hall–Kier alpha value is -5.03. The number of halogens is 1. The van der Waals surface area contributed by atoms with Gasteiger partial charge in [-0.05, 0) is 114 Å². The summed E-state index contributed by atoms with van der Waals surface area (Å²) in [5.41, 5.74) is 2.46. The lowest BCUT2D eigenvalue weighted by atomic mass is 10.1. The van der Waals surface area contributed by atoms with E-state index in [2.05, 4.69) is 15.8 Å². The highest BCUT2D eigenvalue weighted by molar-refractivity contribution is 7.89. The summed E-state index contributed by atoms with van der Waals surface area (Å²) in [5, 5.41) is 9.44. The van der Waals surface area contributed by atoms with Gasteiger partial charge in [-0.15, -0.1) is 0 Å². The van der Waals surface area contributed by atoms with Crippen molar-refractivity contribution in [3.8, 4) is 11.5 Å². The number of ether oxygens (including phenoxy) is 4. The number of carbonyl (C=O) groups is 2. The summed E-state index contributed by atoms with van der Waals surface area (Å²) in [7, 11) is -0.915. The van der Waals surface area contributed by atoms with E-state index in [-0.39, 0.29) is 48.6 Å². The third kappa shape index (κ3) is 11.8. The number of urea groups is 1. The Morgan fingerprint density at radius 3 is 2.47 bits per heavy atom. The number of nitrogens with one attached hydrogen (secondary N) is 2. The molecule has 0 saturated heterocycles. The first kappa shape index (κ1) is 43.1. The molecule has 2 N–H and O–H groups in total. The summed E-state index contributed by atoms with van der Waals surface area (Å²) in [6.45, 7) is 8.20. The molecule has 5 rings (SSSR count). The van der Waals surface area contributed by atoms with Crippen molar-refractivity contribution in [1.82, 2.24) is 14.4 Å². The van der Waals surface area contributed by atoms with E-state index < -0.39 is 34.0 Å². The number of aryl methyl sites for hydroxylation is 2. The van der Waals surface area contributed by atoms with Crippen LogP contribution in [0.5, 0.6) is 11.5 Å². The van der Waals surface area contributed by atoms with Crippen molar-refractivity contribution in [2.75, 3.05) is 51.1 Å². The highest BCUT2D eigenvalue weighted by atomic mass is 32.2. The van der Waals surface area contributed by atoms with E-state index in [0.29, 0.717) is 54.6 Å². The fraction of sp³-hybridized carbons (Fsp3) is 0.439. The molecule has 2 unspecified atom stereocenters. The van der Waals surface area contributed by atoms with Gasteiger partial charge in [-0.3, -0.25) is 4.79 Å². The van der Waals surface area contributed by atoms with E-state index in [1.54, 1.807) is 44.1 Å². The summed E-state index contributed by atoms with van der Waals surface area (Å²) in [4.78, 5) is 29.5. The summed E-state index contributed by atoms with van der Waals surface area (Å²) < 4.78 is 71.0. The van der Waals surface area contributed by atoms with Gasteiger partial charge in [-0.2, -0.15) is 4.31 Å². The van der Waals surface area contributed by atoms with Crippen LogP contribution in [0.3, 0.4) is 0 Å². The molecule has 3 aromatic carbocycles. The molecule has 0 saturated carbocycles. The van der Waals surface area contributed by atoms with Crippen molar-refractivity contribution in [2.45, 2.75) is 83.1 Å². The van der Waals surface area contributed by atoms with Gasteiger partial charge >= 0.3 is 6.03 Å². The highest BCUT2D eigenvalue weighted by Gasteiger charge is 2.30. The second kappa shape index (κ2) is 19.9. The number of carbonyl (C=O) groups excluding carboxylic acids is 2. The van der Waals surface area contributed by atoms with Crippen LogP contribution >= 0.6 is 0 Å². The smallest absolute Gasteiger partial charge is 0.323 e. The number of aromatic nitrogens is 1. The molecule has 57 heavy (non-hydrogen) atoms. The van der Waals surface area contributed by atoms with Gasteiger partial charge in [0.2, 0.25) is 10.0 Å². The van der Waals surface area contributed by atoms with E-state index in [1.165, 1.54) is 23.5 Å². The standard InChI is InChI=1S/C41H52FN5O9S/c1-27(25-53-26-31-10-15-34(52-6)16-11-31)47-21-20-35(24-46(5)57(50,51)36-17-12-32(42)13-18-36)54-22-8-7-9-28(2)55-38-19-14-33(23-37(38)40(47)48)43-41(49)44-39-29(3)45-56-30(39)4/h10-19,23,27-28,35H,7-9,20-22,24-26H2,1-6H3,(H2,43,44,49)/t27?,28?,35-/m1/s1. The number of hydrogen-bond donors (Lipinski definition) is 2. The lowest BCUT2D eigenvalue weighted by Crippen LogP contribution is -2.44. The van der Waals surface area contributed by atoms with Gasteiger partial charge in [0.15, 0.2) is 5.76 Å². The minimum atomic E-state index is -3.97. The maximum absolute atomic E-state index is 14.8. The maximum Gasteiger partial charge on any atom is 0.323 e. The molecule has 0 aliphatic carbocycles. The lowest BCUT2D eigenvalue weighted by Gasteiger charge is -2.33. The summed E-state index contributed by atoms with van der Waals surface area (Å²) in [6.07, 6.45) is 1.55. The molecule has 0 bridgehead atoms. The van der Waals surface area contributed by atoms with Crippen LogP contribution in [0, 0.1) is 19.7 Å². The van der Waals surface area contributed by atoms with Gasteiger partial charge < -0.3 is 39.0 Å². The fourth-order valence-electron chi connectivity index (χ4n) is 6.39. The molecule has 0 fully saturated rings. The molecule has 14 nitrogen and oxygen atoms in total. The van der Waals surface area contributed by atoms with Gasteiger partial charge in [-0.25, -0.2) is 17.6 Å². The van der Waals surface area contributed by atoms with Gasteiger partial charge in [0.1, 0.15) is 28.7 Å². The number of methoxy groups -OCH3 is 1. The van der Waals surface area contributed by atoms with Crippen molar-refractivity contribution in [3.63, 3.8) is 0 Å². The second-order valence-corrected chi connectivity index (χ2v) is 16.2. The second-order valence-electron chi connectivity index (χ2n) is 14.1. The molecule has 0 spiro atoms. The summed E-state index contributed by atoms with van der Waals surface area (Å²) >= 11 is 0. The Balaban J connectivity index is 1.42. The van der Waals surface area contributed by atoms with Crippen molar-refractivity contribution in [1.29, 1.82) is 0 Å². The zero-order chi connectivity index (χ0) is 41.1. The third-order valence-electron chi connectivity index (χ3n) is 9.68. The number of sulfonamides is 1. The van der Waals surface area contributed by atoms with Crippen LogP contribution < -0.4 is 20.1 Å². The molecule has 1 aliphatic heterocycles. The van der Waals surface area contributed by atoms with Gasteiger partial charge in [-0.1, -0.05) is 17.3 Å². The summed E-state index contributed by atoms with van der Waals surface area (Å²) in [5.74, 6) is 0.611. The number of likely N-dealkylation sites (N-methyl/N-ethyl adjacent to an activating group) is 1. The molecule has 1 aliphatic rings. The van der Waals surface area contributed by atoms with Crippen LogP contribution in [0.25, 0.3) is 0 Å². The molecule has 308 valence electrons. The SMILES string of the molecule is COc1ccc(COCC(C)N2CC[C@H](CN(C)S(=O)(=O)c3ccc(F)cc3)OCCCCC(C)Oc3ccc(NC(=O)Nc4c(C)noc4C)cc3C2=O)cc1. The molecule has 3 atom stereocenters. The van der Waals surface area contributed by atoms with Gasteiger partial charge in [0.05, 0.1) is 49.0 Å². The number of amides is 3. The molecule has 1 aromatic heterocycles. The van der Waals surface area contributed by atoms with Crippen LogP contribution in [-0.2, 0) is 26.1 Å². The van der Waals surface area contributed by atoms with E-state index in [4.69, 9.17) is 23.5 Å². The summed E-state index contributed by atoms with van der Waals surface area (Å²) in [6, 6.07) is 16.1. The van der Waals surface area contributed by atoms with E-state index >= 15 is 0 Å². The Morgan fingerprint density at radius 1 is 1.05 bits per heavy atom. The van der Waals surface area contributed by atoms with Crippen LogP contribution in [0.4, 0.5) is 20.6 Å². The van der Waals surface area contributed by atoms with Crippen LogP contribution in [0.2, 0.25) is 0 Å². The zero-order valence-corrected chi connectivity index (χ0v) is 34.1. The monoisotopic (exact) mass is 809 g/mol. The quantitative estimate of drug-likeness (QED) is 0.150. The predicted octanol–water partition coefficient (Wildman–Crippen LogP) is 7.18. The Bertz CT molecular complexity index is 2040. The molecular formula is C41H52FN5O9S. The number of anilines is 2. The molecule has 4 aromatic rings.